The Hall–Kier alpha value is -1.65. The van der Waals surface area contributed by atoms with Crippen molar-refractivity contribution >= 4 is 16.0 Å². The smallest absolute Gasteiger partial charge is 0.416 e. The van der Waals surface area contributed by atoms with Crippen LogP contribution in [0, 0.1) is 0 Å². The highest BCUT2D eigenvalue weighted by atomic mass is 32.2. The number of alkyl halides is 3. The maximum Gasteiger partial charge on any atom is 0.416 e. The van der Waals surface area contributed by atoms with Gasteiger partial charge < -0.3 is 9.64 Å². The van der Waals surface area contributed by atoms with Crippen molar-refractivity contribution in [1.29, 1.82) is 0 Å². The summed E-state index contributed by atoms with van der Waals surface area (Å²) in [4.78, 5) is 14.4. The standard InChI is InChI=1S/C22H33F3N2O4S/c1-3-4-5-6-7-8-13-26-14-15-32(29,30)27(20(17-26)21(28)31-2)16-18-9-11-19(12-10-18)22(23,24)25/h9-12,20H,3-8,13-17H2,1-2H3. The van der Waals surface area contributed by atoms with E-state index in [-0.39, 0.29) is 18.8 Å². The van der Waals surface area contributed by atoms with Crippen LogP contribution in [-0.4, -0.2) is 62.1 Å². The fourth-order valence-electron chi connectivity index (χ4n) is 3.82. The first-order chi connectivity index (χ1) is 15.1. The fourth-order valence-corrected chi connectivity index (χ4v) is 5.43. The number of carbonyl (C=O) groups excluding carboxylic acids is 1. The van der Waals surface area contributed by atoms with Crippen LogP contribution in [0.4, 0.5) is 13.2 Å². The van der Waals surface area contributed by atoms with Crippen molar-refractivity contribution in [3.63, 3.8) is 0 Å². The summed E-state index contributed by atoms with van der Waals surface area (Å²) in [6.45, 7) is 3.14. The molecule has 0 N–H and O–H groups in total. The Balaban J connectivity index is 2.13. The number of nitrogens with zero attached hydrogens (tertiary/aromatic N) is 2. The van der Waals surface area contributed by atoms with Crippen molar-refractivity contribution in [3.05, 3.63) is 35.4 Å². The molecule has 32 heavy (non-hydrogen) atoms. The summed E-state index contributed by atoms with van der Waals surface area (Å²) in [5.74, 6) is -0.827. The van der Waals surface area contributed by atoms with E-state index < -0.39 is 33.8 Å². The van der Waals surface area contributed by atoms with E-state index in [9.17, 15) is 26.4 Å². The van der Waals surface area contributed by atoms with E-state index in [1.807, 2.05) is 4.90 Å². The molecule has 0 bridgehead atoms. The average molecular weight is 479 g/mol. The van der Waals surface area contributed by atoms with Gasteiger partial charge in [-0.05, 0) is 30.7 Å². The van der Waals surface area contributed by atoms with E-state index in [4.69, 9.17) is 4.74 Å². The first-order valence-electron chi connectivity index (χ1n) is 11.0. The third-order valence-corrected chi connectivity index (χ3v) is 7.52. The highest BCUT2D eigenvalue weighted by Crippen LogP contribution is 2.29. The van der Waals surface area contributed by atoms with Gasteiger partial charge >= 0.3 is 12.1 Å². The lowest BCUT2D eigenvalue weighted by atomic mass is 10.1. The molecule has 0 amide bonds. The number of esters is 1. The molecule has 0 aromatic heterocycles. The zero-order valence-electron chi connectivity index (χ0n) is 18.7. The number of hydrogen-bond donors (Lipinski definition) is 0. The molecule has 2 rings (SSSR count). The van der Waals surface area contributed by atoms with Gasteiger partial charge in [-0.3, -0.25) is 4.79 Å². The minimum absolute atomic E-state index is 0.156. The summed E-state index contributed by atoms with van der Waals surface area (Å²) >= 11 is 0. The molecule has 1 aliphatic rings. The first-order valence-corrected chi connectivity index (χ1v) is 12.6. The lowest BCUT2D eigenvalue weighted by Gasteiger charge is -2.28. The minimum Gasteiger partial charge on any atom is -0.468 e. The van der Waals surface area contributed by atoms with E-state index in [1.54, 1.807) is 0 Å². The molecule has 10 heteroatoms. The highest BCUT2D eigenvalue weighted by molar-refractivity contribution is 7.89. The second-order valence-electron chi connectivity index (χ2n) is 8.16. The molecular formula is C22H33F3N2O4S. The zero-order valence-corrected chi connectivity index (χ0v) is 19.6. The van der Waals surface area contributed by atoms with Crippen LogP contribution in [0.2, 0.25) is 0 Å². The topological polar surface area (TPSA) is 66.9 Å². The molecule has 1 saturated heterocycles. The summed E-state index contributed by atoms with van der Waals surface area (Å²) in [7, 11) is -2.61. The molecule has 1 heterocycles. The van der Waals surface area contributed by atoms with Crippen molar-refractivity contribution in [2.75, 3.05) is 32.5 Å². The normalized spacial score (nSPS) is 20.1. The molecule has 1 atom stereocenters. The predicted octanol–water partition coefficient (Wildman–Crippen LogP) is 4.05. The molecular weight excluding hydrogens is 445 g/mol. The number of ether oxygens (including phenoxy) is 1. The predicted molar refractivity (Wildman–Crippen MR) is 116 cm³/mol. The Kier molecular flexibility index (Phi) is 9.97. The molecule has 0 aliphatic carbocycles. The number of unbranched alkanes of at least 4 members (excludes halogenated alkanes) is 5. The third-order valence-electron chi connectivity index (χ3n) is 5.72. The summed E-state index contributed by atoms with van der Waals surface area (Å²) in [6.07, 6.45) is 2.15. The largest absolute Gasteiger partial charge is 0.468 e. The Morgan fingerprint density at radius 2 is 1.72 bits per heavy atom. The Morgan fingerprint density at radius 3 is 2.31 bits per heavy atom. The van der Waals surface area contributed by atoms with Crippen LogP contribution in [-0.2, 0) is 32.3 Å². The molecule has 0 radical (unpaired) electrons. The van der Waals surface area contributed by atoms with Gasteiger partial charge in [-0.15, -0.1) is 0 Å². The number of methoxy groups -OCH3 is 1. The summed E-state index contributed by atoms with van der Waals surface area (Å²) < 4.78 is 70.4. The lowest BCUT2D eigenvalue weighted by molar-refractivity contribution is -0.145. The van der Waals surface area contributed by atoms with Gasteiger partial charge in [-0.2, -0.15) is 17.5 Å². The second-order valence-corrected chi connectivity index (χ2v) is 10.2. The van der Waals surface area contributed by atoms with E-state index in [1.165, 1.54) is 38.5 Å². The van der Waals surface area contributed by atoms with Gasteiger partial charge in [0.2, 0.25) is 10.0 Å². The number of sulfonamides is 1. The number of carbonyl (C=O) groups is 1. The van der Waals surface area contributed by atoms with Crippen molar-refractivity contribution in [2.24, 2.45) is 0 Å². The van der Waals surface area contributed by atoms with Crippen molar-refractivity contribution in [2.45, 2.75) is 64.2 Å². The third kappa shape index (κ3) is 7.74. The van der Waals surface area contributed by atoms with Crippen LogP contribution < -0.4 is 0 Å². The van der Waals surface area contributed by atoms with Gasteiger partial charge in [0.15, 0.2) is 0 Å². The average Bonchev–Trinajstić information content (AvgIpc) is 2.86. The first kappa shape index (κ1) is 26.6. The van der Waals surface area contributed by atoms with Crippen LogP contribution in [0.25, 0.3) is 0 Å². The van der Waals surface area contributed by atoms with Crippen molar-refractivity contribution in [3.8, 4) is 0 Å². The molecule has 1 fully saturated rings. The van der Waals surface area contributed by atoms with E-state index in [0.717, 1.165) is 35.7 Å². The Morgan fingerprint density at radius 1 is 1.09 bits per heavy atom. The number of rotatable bonds is 10. The summed E-state index contributed by atoms with van der Waals surface area (Å²) in [5, 5.41) is 0. The van der Waals surface area contributed by atoms with E-state index in [0.29, 0.717) is 18.7 Å². The molecule has 0 spiro atoms. The van der Waals surface area contributed by atoms with Gasteiger partial charge in [-0.1, -0.05) is 51.2 Å². The highest BCUT2D eigenvalue weighted by Gasteiger charge is 2.39. The summed E-state index contributed by atoms with van der Waals surface area (Å²) in [5.41, 5.74) is -0.436. The van der Waals surface area contributed by atoms with Gasteiger partial charge in [0.1, 0.15) is 6.04 Å². The Bertz CT molecular complexity index is 829. The SMILES string of the molecule is CCCCCCCCN1CCS(=O)(=O)N(Cc2ccc(C(F)(F)F)cc2)C(C(=O)OC)C1. The molecule has 182 valence electrons. The number of halogens is 3. The van der Waals surface area contributed by atoms with E-state index >= 15 is 0 Å². The van der Waals surface area contributed by atoms with Gasteiger partial charge in [0, 0.05) is 19.6 Å². The van der Waals surface area contributed by atoms with Crippen LogP contribution in [0.5, 0.6) is 0 Å². The van der Waals surface area contributed by atoms with Gasteiger partial charge in [-0.25, -0.2) is 8.42 Å². The lowest BCUT2D eigenvalue weighted by Crippen LogP contribution is -2.48. The molecule has 1 unspecified atom stereocenters. The molecule has 0 saturated carbocycles. The molecule has 1 aromatic carbocycles. The molecule has 1 aliphatic heterocycles. The van der Waals surface area contributed by atoms with Crippen molar-refractivity contribution in [1.82, 2.24) is 9.21 Å². The number of benzene rings is 1. The van der Waals surface area contributed by atoms with Crippen LogP contribution in [0.3, 0.4) is 0 Å². The van der Waals surface area contributed by atoms with Crippen molar-refractivity contribution < 1.29 is 31.1 Å². The van der Waals surface area contributed by atoms with Crippen LogP contribution in [0.1, 0.15) is 56.6 Å². The molecule has 1 aromatic rings. The molecule has 6 nitrogen and oxygen atoms in total. The summed E-state index contributed by atoms with van der Waals surface area (Å²) in [6, 6.07) is 3.27. The fraction of sp³-hybridized carbons (Fsp3) is 0.682. The monoisotopic (exact) mass is 478 g/mol. The maximum absolute atomic E-state index is 13.0. The van der Waals surface area contributed by atoms with E-state index in [2.05, 4.69) is 6.92 Å². The van der Waals surface area contributed by atoms with Crippen LogP contribution in [0.15, 0.2) is 24.3 Å². The Labute approximate surface area is 188 Å². The minimum atomic E-state index is -4.47. The van der Waals surface area contributed by atoms with Crippen LogP contribution >= 0.6 is 0 Å². The second kappa shape index (κ2) is 12.0. The zero-order chi connectivity index (χ0) is 23.8. The number of hydrogen-bond acceptors (Lipinski definition) is 5. The van der Waals surface area contributed by atoms with Gasteiger partial charge in [0.05, 0.1) is 18.4 Å². The van der Waals surface area contributed by atoms with Gasteiger partial charge in [0.25, 0.3) is 0 Å². The quantitative estimate of drug-likeness (QED) is 0.375. The maximum atomic E-state index is 13.0.